The number of fused-ring (bicyclic) bond motifs is 1. The quantitative estimate of drug-likeness (QED) is 0.572. The van der Waals surface area contributed by atoms with Gasteiger partial charge in [0.15, 0.2) is 0 Å². The molecular weight excluding hydrogens is 256 g/mol. The lowest BCUT2D eigenvalue weighted by Gasteiger charge is -1.99. The molecule has 2 aromatic carbocycles. The first-order chi connectivity index (χ1) is 9.24. The van der Waals surface area contributed by atoms with Crippen LogP contribution in [0.25, 0.3) is 10.8 Å². The molecule has 0 aliphatic heterocycles. The van der Waals surface area contributed by atoms with E-state index in [1.807, 2.05) is 25.1 Å². The highest BCUT2D eigenvalue weighted by molar-refractivity contribution is 7.71. The molecule has 0 fully saturated rings. The Balaban J connectivity index is 1.99. The van der Waals surface area contributed by atoms with E-state index in [2.05, 4.69) is 39.6 Å². The Kier molecular flexibility index (Phi) is 2.97. The van der Waals surface area contributed by atoms with Gasteiger partial charge in [0, 0.05) is 0 Å². The lowest BCUT2D eigenvalue weighted by Crippen LogP contribution is -1.93. The van der Waals surface area contributed by atoms with Gasteiger partial charge in [0.1, 0.15) is 5.82 Å². The minimum atomic E-state index is 0.495. The molecule has 0 aliphatic rings. The highest BCUT2D eigenvalue weighted by Gasteiger charge is 1.98. The molecule has 0 saturated carbocycles. The zero-order valence-corrected chi connectivity index (χ0v) is 11.2. The summed E-state index contributed by atoms with van der Waals surface area (Å²) in [7, 11) is 0. The van der Waals surface area contributed by atoms with Gasteiger partial charge in [0.25, 0.3) is 0 Å². The lowest BCUT2D eigenvalue weighted by molar-refractivity contribution is 0.821. The highest BCUT2D eigenvalue weighted by Crippen LogP contribution is 2.14. The predicted molar refractivity (Wildman–Crippen MR) is 79.1 cm³/mol. The van der Waals surface area contributed by atoms with Crippen molar-refractivity contribution in [3.05, 3.63) is 58.6 Å². The van der Waals surface area contributed by atoms with Crippen LogP contribution >= 0.6 is 12.2 Å². The largest absolute Gasteiger partial charge is 0.250 e. The summed E-state index contributed by atoms with van der Waals surface area (Å²) in [6, 6.07) is 14.4. The first-order valence-electron chi connectivity index (χ1n) is 5.91. The maximum absolute atomic E-state index is 5.10. The van der Waals surface area contributed by atoms with Crippen molar-refractivity contribution in [2.45, 2.75) is 6.92 Å². The van der Waals surface area contributed by atoms with Gasteiger partial charge in [-0.15, -0.1) is 0 Å². The van der Waals surface area contributed by atoms with Crippen LogP contribution in [0.4, 0.5) is 0 Å². The van der Waals surface area contributed by atoms with Crippen molar-refractivity contribution in [2.24, 2.45) is 5.10 Å². The molecule has 0 unspecified atom stereocenters. The van der Waals surface area contributed by atoms with Crippen molar-refractivity contribution in [1.29, 1.82) is 0 Å². The van der Waals surface area contributed by atoms with Crippen LogP contribution in [-0.2, 0) is 0 Å². The average molecular weight is 268 g/mol. The second kappa shape index (κ2) is 4.78. The summed E-state index contributed by atoms with van der Waals surface area (Å²) >= 11 is 5.10. The molecule has 3 aromatic rings. The van der Waals surface area contributed by atoms with E-state index in [4.69, 9.17) is 12.2 Å². The van der Waals surface area contributed by atoms with Crippen molar-refractivity contribution in [1.82, 2.24) is 14.9 Å². The lowest BCUT2D eigenvalue weighted by atomic mass is 10.1. The standard InChI is InChI=1S/C14H12N4S/c1-10-16-17-14(19)18(10)15-9-11-6-7-12-4-2-3-5-13(12)8-11/h2-9H,1H3,(H,17,19)/b15-9-. The first-order valence-corrected chi connectivity index (χ1v) is 6.32. The molecule has 5 heteroatoms. The third-order valence-electron chi connectivity index (χ3n) is 2.91. The predicted octanol–water partition coefficient (Wildman–Crippen LogP) is 3.28. The van der Waals surface area contributed by atoms with E-state index in [0.717, 1.165) is 11.4 Å². The number of aromatic nitrogens is 3. The van der Waals surface area contributed by atoms with E-state index in [1.54, 1.807) is 10.9 Å². The van der Waals surface area contributed by atoms with E-state index >= 15 is 0 Å². The van der Waals surface area contributed by atoms with E-state index in [0.29, 0.717) is 4.77 Å². The molecular formula is C14H12N4S. The average Bonchev–Trinajstić information content (AvgIpc) is 2.76. The minimum absolute atomic E-state index is 0.495. The molecule has 94 valence electrons. The van der Waals surface area contributed by atoms with Crippen molar-refractivity contribution in [3.8, 4) is 0 Å². The summed E-state index contributed by atoms with van der Waals surface area (Å²) in [4.78, 5) is 0. The van der Waals surface area contributed by atoms with Gasteiger partial charge in [-0.3, -0.25) is 5.10 Å². The Morgan fingerprint density at radius 3 is 2.74 bits per heavy atom. The van der Waals surface area contributed by atoms with E-state index < -0.39 is 0 Å². The van der Waals surface area contributed by atoms with E-state index in [-0.39, 0.29) is 0 Å². The summed E-state index contributed by atoms with van der Waals surface area (Å²) in [5, 5.41) is 13.5. The van der Waals surface area contributed by atoms with Gasteiger partial charge in [0.05, 0.1) is 6.21 Å². The summed E-state index contributed by atoms with van der Waals surface area (Å²) in [6.07, 6.45) is 1.78. The zero-order valence-electron chi connectivity index (χ0n) is 10.4. The SMILES string of the molecule is Cc1n[nH]c(=S)n1/N=C\c1ccc2ccccc2c1. The molecule has 0 bridgehead atoms. The van der Waals surface area contributed by atoms with Crippen molar-refractivity contribution < 1.29 is 0 Å². The Morgan fingerprint density at radius 1 is 1.21 bits per heavy atom. The molecule has 3 rings (SSSR count). The topological polar surface area (TPSA) is 46.0 Å². The van der Waals surface area contributed by atoms with Crippen LogP contribution in [0.3, 0.4) is 0 Å². The van der Waals surface area contributed by atoms with Gasteiger partial charge in [-0.05, 0) is 41.5 Å². The van der Waals surface area contributed by atoms with Gasteiger partial charge in [-0.2, -0.15) is 14.9 Å². The molecule has 0 radical (unpaired) electrons. The molecule has 1 heterocycles. The number of hydrogen-bond acceptors (Lipinski definition) is 3. The van der Waals surface area contributed by atoms with Gasteiger partial charge < -0.3 is 0 Å². The second-order valence-corrected chi connectivity index (χ2v) is 4.63. The summed E-state index contributed by atoms with van der Waals surface area (Å²) in [5.74, 6) is 0.738. The first kappa shape index (κ1) is 11.8. The van der Waals surface area contributed by atoms with Gasteiger partial charge in [-0.1, -0.05) is 36.4 Å². The third-order valence-corrected chi connectivity index (χ3v) is 3.17. The minimum Gasteiger partial charge on any atom is -0.250 e. The van der Waals surface area contributed by atoms with Crippen LogP contribution in [0.2, 0.25) is 0 Å². The molecule has 1 aromatic heterocycles. The maximum atomic E-state index is 5.10. The fourth-order valence-corrected chi connectivity index (χ4v) is 2.14. The normalized spacial score (nSPS) is 11.4. The molecule has 0 atom stereocenters. The molecule has 4 nitrogen and oxygen atoms in total. The fourth-order valence-electron chi connectivity index (χ4n) is 1.92. The molecule has 19 heavy (non-hydrogen) atoms. The summed E-state index contributed by atoms with van der Waals surface area (Å²) < 4.78 is 2.10. The van der Waals surface area contributed by atoms with Crippen LogP contribution in [0.5, 0.6) is 0 Å². The number of aromatic amines is 1. The van der Waals surface area contributed by atoms with Gasteiger partial charge in [-0.25, -0.2) is 0 Å². The number of H-pyrrole nitrogens is 1. The number of nitrogens with zero attached hydrogens (tertiary/aromatic N) is 3. The zero-order chi connectivity index (χ0) is 13.2. The fraction of sp³-hybridized carbons (Fsp3) is 0.0714. The van der Waals surface area contributed by atoms with Crippen LogP contribution in [0.15, 0.2) is 47.6 Å². The maximum Gasteiger partial charge on any atom is 0.216 e. The van der Waals surface area contributed by atoms with Crippen molar-refractivity contribution in [3.63, 3.8) is 0 Å². The van der Waals surface area contributed by atoms with Crippen LogP contribution in [0.1, 0.15) is 11.4 Å². The summed E-state index contributed by atoms with van der Waals surface area (Å²) in [5.41, 5.74) is 1.03. The number of hydrogen-bond donors (Lipinski definition) is 1. The summed E-state index contributed by atoms with van der Waals surface area (Å²) in [6.45, 7) is 1.85. The molecule has 0 saturated heterocycles. The number of rotatable bonds is 2. The van der Waals surface area contributed by atoms with Gasteiger partial charge >= 0.3 is 0 Å². The third kappa shape index (κ3) is 2.32. The second-order valence-electron chi connectivity index (χ2n) is 4.24. The molecule has 0 amide bonds. The Labute approximate surface area is 115 Å². The number of aryl methyl sites for hydroxylation is 1. The van der Waals surface area contributed by atoms with E-state index in [1.165, 1.54) is 10.8 Å². The van der Waals surface area contributed by atoms with Crippen LogP contribution in [0, 0.1) is 11.7 Å². The van der Waals surface area contributed by atoms with Crippen molar-refractivity contribution >= 4 is 29.2 Å². The molecule has 0 aliphatic carbocycles. The Bertz CT molecular complexity index is 813. The monoisotopic (exact) mass is 268 g/mol. The molecule has 1 N–H and O–H groups in total. The Hall–Kier alpha value is -2.27. The number of benzene rings is 2. The Morgan fingerprint density at radius 2 is 2.00 bits per heavy atom. The van der Waals surface area contributed by atoms with Crippen LogP contribution < -0.4 is 0 Å². The number of nitrogens with one attached hydrogen (secondary N) is 1. The van der Waals surface area contributed by atoms with Crippen LogP contribution in [-0.4, -0.2) is 21.1 Å². The smallest absolute Gasteiger partial charge is 0.216 e. The van der Waals surface area contributed by atoms with Gasteiger partial charge in [0.2, 0.25) is 4.77 Å². The molecule has 0 spiro atoms. The van der Waals surface area contributed by atoms with E-state index in [9.17, 15) is 0 Å². The van der Waals surface area contributed by atoms with Crippen molar-refractivity contribution in [2.75, 3.05) is 0 Å². The highest BCUT2D eigenvalue weighted by atomic mass is 32.1.